The summed E-state index contributed by atoms with van der Waals surface area (Å²) in [5.74, 6) is -0.681. The van der Waals surface area contributed by atoms with Crippen molar-refractivity contribution in [2.75, 3.05) is 0 Å². The highest BCUT2D eigenvalue weighted by molar-refractivity contribution is 9.10. The molecule has 0 saturated heterocycles. The zero-order valence-electron chi connectivity index (χ0n) is 11.1. The molecule has 0 radical (unpaired) electrons. The normalized spacial score (nSPS) is 10.8. The minimum atomic E-state index is -1.09. The third-order valence-electron chi connectivity index (χ3n) is 2.69. The minimum Gasteiger partial charge on any atom is -0.478 e. The second-order valence-corrected chi connectivity index (χ2v) is 5.32. The highest BCUT2D eigenvalue weighted by Gasteiger charge is 2.05. The van der Waals surface area contributed by atoms with E-state index in [4.69, 9.17) is 9.84 Å². The predicted molar refractivity (Wildman–Crippen MR) is 82.0 cm³/mol. The third-order valence-corrected chi connectivity index (χ3v) is 3.18. The Balaban J connectivity index is 2.31. The van der Waals surface area contributed by atoms with Crippen molar-refractivity contribution in [2.24, 2.45) is 0 Å². The quantitative estimate of drug-likeness (QED) is 0.806. The molecule has 0 heterocycles. The van der Waals surface area contributed by atoms with E-state index < -0.39 is 11.8 Å². The maximum atomic E-state index is 13.6. The van der Waals surface area contributed by atoms with E-state index in [0.717, 1.165) is 16.1 Å². The molecule has 2 aromatic rings. The molecular weight excluding hydrogens is 339 g/mol. The first-order chi connectivity index (χ1) is 9.94. The molecule has 0 aliphatic carbocycles. The summed E-state index contributed by atoms with van der Waals surface area (Å²) >= 11 is 3.35. The molecule has 5 heteroatoms. The van der Waals surface area contributed by atoms with Gasteiger partial charge >= 0.3 is 5.97 Å². The Hall–Kier alpha value is -2.14. The van der Waals surface area contributed by atoms with E-state index in [-0.39, 0.29) is 0 Å². The van der Waals surface area contributed by atoms with Gasteiger partial charge in [-0.3, -0.25) is 0 Å². The van der Waals surface area contributed by atoms with Gasteiger partial charge in [-0.2, -0.15) is 0 Å². The zero-order chi connectivity index (χ0) is 15.4. The Morgan fingerprint density at radius 2 is 2.05 bits per heavy atom. The fraction of sp³-hybridized carbons (Fsp3) is 0.0625. The molecule has 0 aromatic heterocycles. The molecule has 0 spiro atoms. The molecule has 0 fully saturated rings. The number of ether oxygens (including phenoxy) is 1. The molecule has 0 bridgehead atoms. The van der Waals surface area contributed by atoms with Crippen molar-refractivity contribution in [3.8, 4) is 11.5 Å². The maximum absolute atomic E-state index is 13.6. The van der Waals surface area contributed by atoms with Gasteiger partial charge < -0.3 is 9.84 Å². The predicted octanol–water partition coefficient (Wildman–Crippen LogP) is 4.79. The lowest BCUT2D eigenvalue weighted by Crippen LogP contribution is -1.90. The molecule has 0 aliphatic rings. The first kappa shape index (κ1) is 15.3. The molecule has 21 heavy (non-hydrogen) atoms. The van der Waals surface area contributed by atoms with Gasteiger partial charge in [0.1, 0.15) is 17.3 Å². The summed E-state index contributed by atoms with van der Waals surface area (Å²) in [4.78, 5) is 10.5. The van der Waals surface area contributed by atoms with Crippen LogP contribution in [-0.4, -0.2) is 11.1 Å². The SMILES string of the molecule is Cc1ccc(Br)cc1Oc1cc(F)cc(/C=C/C(=O)O)c1. The Labute approximate surface area is 129 Å². The van der Waals surface area contributed by atoms with Crippen LogP contribution in [-0.2, 0) is 4.79 Å². The van der Waals surface area contributed by atoms with Crippen molar-refractivity contribution in [2.45, 2.75) is 6.92 Å². The molecule has 0 unspecified atom stereocenters. The number of carbonyl (C=O) groups is 1. The molecule has 3 nitrogen and oxygen atoms in total. The lowest BCUT2D eigenvalue weighted by atomic mass is 10.2. The topological polar surface area (TPSA) is 46.5 Å². The van der Waals surface area contributed by atoms with Crippen LogP contribution in [0.1, 0.15) is 11.1 Å². The third kappa shape index (κ3) is 4.43. The molecule has 108 valence electrons. The average Bonchev–Trinajstić information content (AvgIpc) is 2.40. The number of aryl methyl sites for hydroxylation is 1. The number of rotatable bonds is 4. The van der Waals surface area contributed by atoms with Crippen LogP contribution in [0.3, 0.4) is 0 Å². The second-order valence-electron chi connectivity index (χ2n) is 4.40. The van der Waals surface area contributed by atoms with Crippen molar-refractivity contribution in [1.82, 2.24) is 0 Å². The number of benzene rings is 2. The molecule has 0 amide bonds. The number of hydrogen-bond acceptors (Lipinski definition) is 2. The highest BCUT2D eigenvalue weighted by atomic mass is 79.9. The van der Waals surface area contributed by atoms with Crippen LogP contribution in [0, 0.1) is 12.7 Å². The number of carboxylic acid groups (broad SMARTS) is 1. The van der Waals surface area contributed by atoms with Gasteiger partial charge in [0.25, 0.3) is 0 Å². The van der Waals surface area contributed by atoms with E-state index in [1.54, 1.807) is 12.1 Å². The Morgan fingerprint density at radius 1 is 1.29 bits per heavy atom. The fourth-order valence-electron chi connectivity index (χ4n) is 1.72. The monoisotopic (exact) mass is 350 g/mol. The van der Waals surface area contributed by atoms with Crippen LogP contribution in [0.5, 0.6) is 11.5 Å². The van der Waals surface area contributed by atoms with Crippen molar-refractivity contribution in [1.29, 1.82) is 0 Å². The molecule has 1 N–H and O–H groups in total. The Bertz CT molecular complexity index is 711. The van der Waals surface area contributed by atoms with Gasteiger partial charge in [-0.15, -0.1) is 0 Å². The van der Waals surface area contributed by atoms with Crippen molar-refractivity contribution in [3.63, 3.8) is 0 Å². The highest BCUT2D eigenvalue weighted by Crippen LogP contribution is 2.29. The lowest BCUT2D eigenvalue weighted by Gasteiger charge is -2.10. The molecule has 0 saturated carbocycles. The van der Waals surface area contributed by atoms with Crippen molar-refractivity contribution >= 4 is 28.0 Å². The van der Waals surface area contributed by atoms with E-state index in [0.29, 0.717) is 17.1 Å². The van der Waals surface area contributed by atoms with E-state index in [2.05, 4.69) is 15.9 Å². The molecule has 0 atom stereocenters. The standard InChI is InChI=1S/C16H12BrFO3/c1-10-2-4-12(17)8-15(10)21-14-7-11(3-5-16(19)20)6-13(18)9-14/h2-9H,1H3,(H,19,20)/b5-3+. The summed E-state index contributed by atoms with van der Waals surface area (Å²) < 4.78 is 20.1. The number of hydrogen-bond donors (Lipinski definition) is 1. The maximum Gasteiger partial charge on any atom is 0.328 e. The van der Waals surface area contributed by atoms with Crippen LogP contribution in [0.25, 0.3) is 6.08 Å². The molecule has 0 aliphatic heterocycles. The van der Waals surface area contributed by atoms with E-state index in [1.807, 2.05) is 19.1 Å². The van der Waals surface area contributed by atoms with Gasteiger partial charge in [0.15, 0.2) is 0 Å². The summed E-state index contributed by atoms with van der Waals surface area (Å²) in [5.41, 5.74) is 1.32. The van der Waals surface area contributed by atoms with Gasteiger partial charge in [-0.25, -0.2) is 9.18 Å². The molecular formula is C16H12BrFO3. The van der Waals surface area contributed by atoms with Crippen LogP contribution in [0.2, 0.25) is 0 Å². The van der Waals surface area contributed by atoms with Crippen LogP contribution in [0.15, 0.2) is 46.9 Å². The van der Waals surface area contributed by atoms with Crippen molar-refractivity contribution in [3.05, 3.63) is 63.9 Å². The zero-order valence-corrected chi connectivity index (χ0v) is 12.7. The number of halogens is 2. The summed E-state index contributed by atoms with van der Waals surface area (Å²) in [5, 5.41) is 8.60. The van der Waals surface area contributed by atoms with E-state index in [9.17, 15) is 9.18 Å². The average molecular weight is 351 g/mol. The van der Waals surface area contributed by atoms with Gasteiger partial charge in [-0.1, -0.05) is 22.0 Å². The van der Waals surface area contributed by atoms with E-state index >= 15 is 0 Å². The van der Waals surface area contributed by atoms with Crippen molar-refractivity contribution < 1.29 is 19.0 Å². The number of aliphatic carboxylic acids is 1. The van der Waals surface area contributed by atoms with Gasteiger partial charge in [0, 0.05) is 16.6 Å². The van der Waals surface area contributed by atoms with Crippen LogP contribution < -0.4 is 4.74 Å². The minimum absolute atomic E-state index is 0.307. The van der Waals surface area contributed by atoms with Gasteiger partial charge in [0.2, 0.25) is 0 Å². The summed E-state index contributed by atoms with van der Waals surface area (Å²) in [6.45, 7) is 1.88. The lowest BCUT2D eigenvalue weighted by molar-refractivity contribution is -0.131. The van der Waals surface area contributed by atoms with Crippen LogP contribution >= 0.6 is 15.9 Å². The van der Waals surface area contributed by atoms with E-state index in [1.165, 1.54) is 18.2 Å². The largest absolute Gasteiger partial charge is 0.478 e. The smallest absolute Gasteiger partial charge is 0.328 e. The second kappa shape index (κ2) is 6.54. The first-order valence-corrected chi connectivity index (χ1v) is 6.89. The fourth-order valence-corrected chi connectivity index (χ4v) is 2.06. The van der Waals surface area contributed by atoms with Crippen LogP contribution in [0.4, 0.5) is 4.39 Å². The Kier molecular flexibility index (Phi) is 4.75. The molecule has 2 rings (SSSR count). The van der Waals surface area contributed by atoms with Gasteiger partial charge in [-0.05, 0) is 48.4 Å². The number of carboxylic acids is 1. The summed E-state index contributed by atoms with van der Waals surface area (Å²) in [7, 11) is 0. The Morgan fingerprint density at radius 3 is 2.76 bits per heavy atom. The summed E-state index contributed by atoms with van der Waals surface area (Å²) in [6, 6.07) is 9.60. The van der Waals surface area contributed by atoms with Gasteiger partial charge in [0.05, 0.1) is 0 Å². The first-order valence-electron chi connectivity index (χ1n) is 6.09. The molecule has 2 aromatic carbocycles. The summed E-state index contributed by atoms with van der Waals surface area (Å²) in [6.07, 6.45) is 2.26.